The number of nitriles is 1. The molecule has 0 fully saturated rings. The molecule has 86 valence electrons. The number of thiazole rings is 1. The zero-order valence-corrected chi connectivity index (χ0v) is 10.2. The number of nitrogens with zero attached hydrogens (tertiary/aromatic N) is 4. The maximum Gasteiger partial charge on any atom is 0.210 e. The van der Waals surface area contributed by atoms with Gasteiger partial charge in [-0.05, 0) is 24.8 Å². The standard InChI is InChI=1S/C12H12N4S/c13-5-4-9-2-1-3-11-10(9)8-15-16(11)12-14-6-7-17-12/h6-9H,1-4H2. The van der Waals surface area contributed by atoms with Crippen LogP contribution in [0.1, 0.15) is 36.4 Å². The Labute approximate surface area is 104 Å². The summed E-state index contributed by atoms with van der Waals surface area (Å²) < 4.78 is 1.93. The van der Waals surface area contributed by atoms with Gasteiger partial charge < -0.3 is 0 Å². The number of aromatic nitrogens is 3. The van der Waals surface area contributed by atoms with Gasteiger partial charge >= 0.3 is 0 Å². The van der Waals surface area contributed by atoms with Crippen molar-refractivity contribution in [3.8, 4) is 11.2 Å². The molecule has 2 aromatic heterocycles. The first kappa shape index (κ1) is 10.5. The van der Waals surface area contributed by atoms with E-state index < -0.39 is 0 Å². The van der Waals surface area contributed by atoms with Gasteiger partial charge in [0.05, 0.1) is 18.0 Å². The van der Waals surface area contributed by atoms with Crippen molar-refractivity contribution < 1.29 is 0 Å². The van der Waals surface area contributed by atoms with E-state index in [1.165, 1.54) is 11.3 Å². The molecule has 17 heavy (non-hydrogen) atoms. The molecule has 3 rings (SSSR count). The first-order valence-corrected chi connectivity index (χ1v) is 6.61. The lowest BCUT2D eigenvalue weighted by molar-refractivity contribution is 0.550. The Morgan fingerprint density at radius 2 is 2.53 bits per heavy atom. The van der Waals surface area contributed by atoms with Crippen molar-refractivity contribution in [2.24, 2.45) is 0 Å². The van der Waals surface area contributed by atoms with E-state index in [4.69, 9.17) is 5.26 Å². The van der Waals surface area contributed by atoms with Crippen molar-refractivity contribution in [1.29, 1.82) is 5.26 Å². The summed E-state index contributed by atoms with van der Waals surface area (Å²) in [5.41, 5.74) is 2.49. The van der Waals surface area contributed by atoms with Gasteiger partial charge in [0, 0.05) is 23.9 Å². The predicted molar refractivity (Wildman–Crippen MR) is 65.1 cm³/mol. The average molecular weight is 244 g/mol. The average Bonchev–Trinajstić information content (AvgIpc) is 2.97. The van der Waals surface area contributed by atoms with Crippen molar-refractivity contribution in [2.45, 2.75) is 31.6 Å². The number of hydrogen-bond acceptors (Lipinski definition) is 4. The molecule has 0 radical (unpaired) electrons. The van der Waals surface area contributed by atoms with E-state index in [2.05, 4.69) is 16.2 Å². The SMILES string of the molecule is N#CCC1CCCc2c1cnn2-c1nccs1. The Morgan fingerprint density at radius 1 is 1.59 bits per heavy atom. The second-order valence-electron chi connectivity index (χ2n) is 4.22. The van der Waals surface area contributed by atoms with Crippen LogP contribution in [0, 0.1) is 11.3 Å². The molecule has 4 nitrogen and oxygen atoms in total. The fourth-order valence-corrected chi connectivity index (χ4v) is 3.08. The summed E-state index contributed by atoms with van der Waals surface area (Å²) >= 11 is 1.59. The topological polar surface area (TPSA) is 54.5 Å². The molecule has 1 atom stereocenters. The monoisotopic (exact) mass is 244 g/mol. The molecule has 2 aromatic rings. The third kappa shape index (κ3) is 1.75. The molecular weight excluding hydrogens is 232 g/mol. The molecule has 0 aromatic carbocycles. The second kappa shape index (κ2) is 4.30. The van der Waals surface area contributed by atoms with Crippen LogP contribution >= 0.6 is 11.3 Å². The summed E-state index contributed by atoms with van der Waals surface area (Å²) in [5.74, 6) is 0.359. The van der Waals surface area contributed by atoms with Gasteiger partial charge in [0.2, 0.25) is 5.13 Å². The first-order valence-electron chi connectivity index (χ1n) is 5.73. The highest BCUT2D eigenvalue weighted by molar-refractivity contribution is 7.12. The van der Waals surface area contributed by atoms with E-state index in [0.717, 1.165) is 24.4 Å². The van der Waals surface area contributed by atoms with Crippen LogP contribution in [0.4, 0.5) is 0 Å². The largest absolute Gasteiger partial charge is 0.227 e. The van der Waals surface area contributed by atoms with Gasteiger partial charge in [-0.1, -0.05) is 0 Å². The van der Waals surface area contributed by atoms with E-state index >= 15 is 0 Å². The van der Waals surface area contributed by atoms with Gasteiger partial charge in [-0.25, -0.2) is 9.67 Å². The van der Waals surface area contributed by atoms with Crippen LogP contribution in [0.5, 0.6) is 0 Å². The van der Waals surface area contributed by atoms with Crippen molar-refractivity contribution in [1.82, 2.24) is 14.8 Å². The van der Waals surface area contributed by atoms with Crippen LogP contribution in [-0.4, -0.2) is 14.8 Å². The minimum atomic E-state index is 0.359. The van der Waals surface area contributed by atoms with Crippen LogP contribution in [0.15, 0.2) is 17.8 Å². The Balaban J connectivity index is 2.03. The van der Waals surface area contributed by atoms with Gasteiger partial charge in [-0.3, -0.25) is 0 Å². The number of rotatable bonds is 2. The predicted octanol–water partition coefficient (Wildman–Crippen LogP) is 2.66. The summed E-state index contributed by atoms with van der Waals surface area (Å²) in [4.78, 5) is 4.29. The minimum Gasteiger partial charge on any atom is -0.227 e. The molecule has 0 spiro atoms. The summed E-state index contributed by atoms with van der Waals surface area (Å²) in [5, 5.41) is 16.2. The van der Waals surface area contributed by atoms with Gasteiger partial charge in [-0.15, -0.1) is 11.3 Å². The second-order valence-corrected chi connectivity index (χ2v) is 5.10. The molecule has 0 amide bonds. The molecule has 0 saturated carbocycles. The molecule has 1 aliphatic rings. The van der Waals surface area contributed by atoms with Crippen LogP contribution < -0.4 is 0 Å². The van der Waals surface area contributed by atoms with E-state index in [1.54, 1.807) is 17.5 Å². The van der Waals surface area contributed by atoms with Gasteiger partial charge in [-0.2, -0.15) is 10.4 Å². The summed E-state index contributed by atoms with van der Waals surface area (Å²) in [6.45, 7) is 0. The van der Waals surface area contributed by atoms with E-state index in [-0.39, 0.29) is 0 Å². The van der Waals surface area contributed by atoms with Gasteiger partial charge in [0.15, 0.2) is 0 Å². The normalized spacial score (nSPS) is 18.6. The fraction of sp³-hybridized carbons (Fsp3) is 0.417. The minimum absolute atomic E-state index is 0.359. The molecule has 0 N–H and O–H groups in total. The van der Waals surface area contributed by atoms with E-state index in [0.29, 0.717) is 12.3 Å². The van der Waals surface area contributed by atoms with Gasteiger partial charge in [0.25, 0.3) is 0 Å². The lowest BCUT2D eigenvalue weighted by Crippen LogP contribution is -2.11. The maximum atomic E-state index is 8.85. The first-order chi connectivity index (χ1) is 8.40. The van der Waals surface area contributed by atoms with Crippen molar-refractivity contribution in [3.63, 3.8) is 0 Å². The van der Waals surface area contributed by atoms with Crippen LogP contribution in [0.2, 0.25) is 0 Å². The van der Waals surface area contributed by atoms with Crippen LogP contribution in [0.3, 0.4) is 0 Å². The Hall–Kier alpha value is -1.67. The molecular formula is C12H12N4S. The molecule has 1 unspecified atom stereocenters. The highest BCUT2D eigenvalue weighted by Gasteiger charge is 2.24. The Kier molecular flexibility index (Phi) is 2.65. The van der Waals surface area contributed by atoms with Gasteiger partial charge in [0.1, 0.15) is 0 Å². The van der Waals surface area contributed by atoms with E-state index in [1.807, 2.05) is 16.3 Å². The summed E-state index contributed by atoms with van der Waals surface area (Å²) in [6, 6.07) is 2.27. The number of fused-ring (bicyclic) bond motifs is 1. The zero-order chi connectivity index (χ0) is 11.7. The zero-order valence-electron chi connectivity index (χ0n) is 9.33. The highest BCUT2D eigenvalue weighted by atomic mass is 32.1. The smallest absolute Gasteiger partial charge is 0.210 e. The van der Waals surface area contributed by atoms with Crippen LogP contribution in [-0.2, 0) is 6.42 Å². The molecule has 0 bridgehead atoms. The van der Waals surface area contributed by atoms with Crippen molar-refractivity contribution in [2.75, 3.05) is 0 Å². The Morgan fingerprint density at radius 3 is 3.29 bits per heavy atom. The highest BCUT2D eigenvalue weighted by Crippen LogP contribution is 2.34. The molecule has 5 heteroatoms. The Bertz CT molecular complexity index is 550. The molecule has 0 saturated heterocycles. The van der Waals surface area contributed by atoms with Crippen molar-refractivity contribution in [3.05, 3.63) is 29.0 Å². The lowest BCUT2D eigenvalue weighted by Gasteiger charge is -2.20. The lowest BCUT2D eigenvalue weighted by atomic mass is 9.85. The fourth-order valence-electron chi connectivity index (χ4n) is 2.46. The van der Waals surface area contributed by atoms with E-state index in [9.17, 15) is 0 Å². The molecule has 1 aliphatic carbocycles. The summed E-state index contributed by atoms with van der Waals surface area (Å²) in [6.07, 6.45) is 7.58. The quantitative estimate of drug-likeness (QED) is 0.816. The number of hydrogen-bond donors (Lipinski definition) is 0. The maximum absolute atomic E-state index is 8.85. The molecule has 2 heterocycles. The van der Waals surface area contributed by atoms with Crippen LogP contribution in [0.25, 0.3) is 5.13 Å². The van der Waals surface area contributed by atoms with Crippen molar-refractivity contribution >= 4 is 11.3 Å². The summed E-state index contributed by atoms with van der Waals surface area (Å²) in [7, 11) is 0. The third-order valence-corrected chi connectivity index (χ3v) is 3.99. The third-order valence-electron chi connectivity index (χ3n) is 3.25. The molecule has 0 aliphatic heterocycles.